The minimum Gasteiger partial charge on any atom is -0.430 e. The van der Waals surface area contributed by atoms with E-state index in [9.17, 15) is 10.1 Å². The topological polar surface area (TPSA) is 104 Å². The lowest BCUT2D eigenvalue weighted by Gasteiger charge is -2.06. The van der Waals surface area contributed by atoms with Gasteiger partial charge < -0.3 is 10.5 Å². The van der Waals surface area contributed by atoms with Gasteiger partial charge in [-0.1, -0.05) is 12.1 Å². The lowest BCUT2D eigenvalue weighted by molar-refractivity contribution is -0.386. The molecule has 2 rings (SSSR count). The SMILES string of the molecule is Cc1cccc(Oc2ccc(N)nn2)c1[N+](=O)[O-]. The lowest BCUT2D eigenvalue weighted by Crippen LogP contribution is -1.98. The van der Waals surface area contributed by atoms with Crippen molar-refractivity contribution in [3.63, 3.8) is 0 Å². The Morgan fingerprint density at radius 1 is 1.28 bits per heavy atom. The zero-order chi connectivity index (χ0) is 13.1. The first-order chi connectivity index (χ1) is 8.58. The third kappa shape index (κ3) is 2.34. The van der Waals surface area contributed by atoms with E-state index < -0.39 is 4.92 Å². The summed E-state index contributed by atoms with van der Waals surface area (Å²) >= 11 is 0. The van der Waals surface area contributed by atoms with Gasteiger partial charge in [-0.25, -0.2) is 0 Å². The predicted molar refractivity (Wildman–Crippen MR) is 64.4 cm³/mol. The van der Waals surface area contributed by atoms with Gasteiger partial charge in [0.05, 0.1) is 4.92 Å². The average Bonchev–Trinajstić information content (AvgIpc) is 2.32. The van der Waals surface area contributed by atoms with E-state index in [0.717, 1.165) is 0 Å². The van der Waals surface area contributed by atoms with Crippen molar-refractivity contribution in [2.75, 3.05) is 5.73 Å². The van der Waals surface area contributed by atoms with Gasteiger partial charge in [0, 0.05) is 11.6 Å². The number of para-hydroxylation sites is 1. The molecule has 1 aromatic carbocycles. The molecule has 1 aromatic heterocycles. The maximum atomic E-state index is 11.0. The van der Waals surface area contributed by atoms with Crippen molar-refractivity contribution in [3.05, 3.63) is 46.0 Å². The first kappa shape index (κ1) is 11.8. The van der Waals surface area contributed by atoms with Crippen LogP contribution in [0.25, 0.3) is 0 Å². The minimum absolute atomic E-state index is 0.0869. The Hall–Kier alpha value is -2.70. The monoisotopic (exact) mass is 246 g/mol. The van der Waals surface area contributed by atoms with E-state index >= 15 is 0 Å². The van der Waals surface area contributed by atoms with Gasteiger partial charge in [0.25, 0.3) is 0 Å². The number of aryl methyl sites for hydroxylation is 1. The highest BCUT2D eigenvalue weighted by atomic mass is 16.6. The zero-order valence-corrected chi connectivity index (χ0v) is 9.53. The highest BCUT2D eigenvalue weighted by Gasteiger charge is 2.19. The van der Waals surface area contributed by atoms with Gasteiger partial charge in [0.2, 0.25) is 11.6 Å². The van der Waals surface area contributed by atoms with Crippen molar-refractivity contribution in [2.45, 2.75) is 6.92 Å². The van der Waals surface area contributed by atoms with E-state index in [1.54, 1.807) is 19.1 Å². The lowest BCUT2D eigenvalue weighted by atomic mass is 10.2. The summed E-state index contributed by atoms with van der Waals surface area (Å²) in [6.07, 6.45) is 0. The Morgan fingerprint density at radius 2 is 2.06 bits per heavy atom. The van der Waals surface area contributed by atoms with E-state index in [-0.39, 0.29) is 23.1 Å². The number of rotatable bonds is 3. The van der Waals surface area contributed by atoms with Crippen LogP contribution < -0.4 is 10.5 Å². The highest BCUT2D eigenvalue weighted by molar-refractivity contribution is 5.53. The third-order valence-electron chi connectivity index (χ3n) is 2.26. The van der Waals surface area contributed by atoms with Crippen LogP contribution in [0, 0.1) is 17.0 Å². The molecule has 0 aliphatic carbocycles. The van der Waals surface area contributed by atoms with Gasteiger partial charge in [0.1, 0.15) is 5.82 Å². The fourth-order valence-corrected chi connectivity index (χ4v) is 1.45. The molecule has 0 fully saturated rings. The number of nitrogens with zero attached hydrogens (tertiary/aromatic N) is 3. The van der Waals surface area contributed by atoms with Crippen LogP contribution in [0.15, 0.2) is 30.3 Å². The van der Waals surface area contributed by atoms with Crippen molar-refractivity contribution >= 4 is 11.5 Å². The van der Waals surface area contributed by atoms with E-state index in [1.807, 2.05) is 0 Å². The molecule has 7 heteroatoms. The van der Waals surface area contributed by atoms with E-state index in [4.69, 9.17) is 10.5 Å². The Bertz CT molecular complexity index is 583. The number of nitro groups is 1. The Labute approximate surface area is 102 Å². The van der Waals surface area contributed by atoms with E-state index in [2.05, 4.69) is 10.2 Å². The molecule has 2 aromatic rings. The molecular weight excluding hydrogens is 236 g/mol. The largest absolute Gasteiger partial charge is 0.430 e. The van der Waals surface area contributed by atoms with Gasteiger partial charge in [-0.05, 0) is 19.1 Å². The fraction of sp³-hybridized carbons (Fsp3) is 0.0909. The molecule has 18 heavy (non-hydrogen) atoms. The molecule has 0 aliphatic rings. The number of anilines is 1. The number of nitro benzene ring substituents is 1. The van der Waals surface area contributed by atoms with Crippen LogP contribution in [0.4, 0.5) is 11.5 Å². The molecule has 0 saturated heterocycles. The van der Waals surface area contributed by atoms with Crippen molar-refractivity contribution < 1.29 is 9.66 Å². The number of nitrogen functional groups attached to an aromatic ring is 1. The van der Waals surface area contributed by atoms with Crippen LogP contribution >= 0.6 is 0 Å². The number of ether oxygens (including phenoxy) is 1. The minimum atomic E-state index is -0.491. The Kier molecular flexibility index (Phi) is 3.05. The second-order valence-corrected chi connectivity index (χ2v) is 3.58. The molecule has 0 saturated carbocycles. The highest BCUT2D eigenvalue weighted by Crippen LogP contribution is 2.32. The summed E-state index contributed by atoms with van der Waals surface area (Å²) < 4.78 is 5.34. The van der Waals surface area contributed by atoms with Crippen LogP contribution in [-0.4, -0.2) is 15.1 Å². The molecule has 0 bridgehead atoms. The molecule has 92 valence electrons. The maximum Gasteiger partial charge on any atom is 0.314 e. The van der Waals surface area contributed by atoms with Gasteiger partial charge in [-0.2, -0.15) is 0 Å². The summed E-state index contributed by atoms with van der Waals surface area (Å²) in [7, 11) is 0. The maximum absolute atomic E-state index is 11.0. The smallest absolute Gasteiger partial charge is 0.314 e. The van der Waals surface area contributed by atoms with Crippen LogP contribution in [0.3, 0.4) is 0 Å². The Morgan fingerprint density at radius 3 is 2.67 bits per heavy atom. The molecule has 2 N–H and O–H groups in total. The van der Waals surface area contributed by atoms with Gasteiger partial charge in [0.15, 0.2) is 0 Å². The van der Waals surface area contributed by atoms with Crippen LogP contribution in [0.1, 0.15) is 5.56 Å². The molecule has 0 amide bonds. The number of benzene rings is 1. The van der Waals surface area contributed by atoms with E-state index in [1.165, 1.54) is 18.2 Å². The summed E-state index contributed by atoms with van der Waals surface area (Å²) in [5.41, 5.74) is 5.81. The van der Waals surface area contributed by atoms with Crippen LogP contribution in [0.5, 0.6) is 11.6 Å². The van der Waals surface area contributed by atoms with Crippen LogP contribution in [0.2, 0.25) is 0 Å². The number of hydrogen-bond donors (Lipinski definition) is 1. The van der Waals surface area contributed by atoms with Gasteiger partial charge in [-0.3, -0.25) is 10.1 Å². The van der Waals surface area contributed by atoms with Gasteiger partial charge >= 0.3 is 5.69 Å². The van der Waals surface area contributed by atoms with Crippen molar-refractivity contribution in [3.8, 4) is 11.6 Å². The second-order valence-electron chi connectivity index (χ2n) is 3.58. The molecule has 0 unspecified atom stereocenters. The quantitative estimate of drug-likeness (QED) is 0.656. The number of aromatic nitrogens is 2. The van der Waals surface area contributed by atoms with E-state index in [0.29, 0.717) is 5.56 Å². The molecule has 0 atom stereocenters. The third-order valence-corrected chi connectivity index (χ3v) is 2.26. The Balaban J connectivity index is 2.37. The number of nitrogens with two attached hydrogens (primary N) is 1. The average molecular weight is 246 g/mol. The predicted octanol–water partition coefficient (Wildman–Crippen LogP) is 2.07. The van der Waals surface area contributed by atoms with Crippen molar-refractivity contribution in [1.82, 2.24) is 10.2 Å². The number of hydrogen-bond acceptors (Lipinski definition) is 6. The molecule has 0 spiro atoms. The van der Waals surface area contributed by atoms with Crippen molar-refractivity contribution in [1.29, 1.82) is 0 Å². The summed E-state index contributed by atoms with van der Waals surface area (Å²) in [5.74, 6) is 0.526. The first-order valence-corrected chi connectivity index (χ1v) is 5.09. The standard InChI is InChI=1S/C11H10N4O3/c1-7-3-2-4-8(11(7)15(16)17)18-10-6-5-9(12)13-14-10/h2-6H,1H3,(H2,12,13). The second kappa shape index (κ2) is 4.66. The molecule has 7 nitrogen and oxygen atoms in total. The summed E-state index contributed by atoms with van der Waals surface area (Å²) in [6.45, 7) is 1.64. The summed E-state index contributed by atoms with van der Waals surface area (Å²) in [6, 6.07) is 7.81. The molecule has 0 aliphatic heterocycles. The molecule has 0 radical (unpaired) electrons. The normalized spacial score (nSPS) is 10.1. The fourth-order valence-electron chi connectivity index (χ4n) is 1.45. The van der Waals surface area contributed by atoms with Gasteiger partial charge in [-0.15, -0.1) is 10.2 Å². The summed E-state index contributed by atoms with van der Waals surface area (Å²) in [4.78, 5) is 10.5. The summed E-state index contributed by atoms with van der Waals surface area (Å²) in [5, 5.41) is 18.2. The first-order valence-electron chi connectivity index (χ1n) is 5.09. The molecular formula is C11H10N4O3. The van der Waals surface area contributed by atoms with Crippen LogP contribution in [-0.2, 0) is 0 Å². The molecule has 1 heterocycles. The zero-order valence-electron chi connectivity index (χ0n) is 9.53. The van der Waals surface area contributed by atoms with Crippen molar-refractivity contribution in [2.24, 2.45) is 0 Å².